The van der Waals surface area contributed by atoms with Crippen molar-refractivity contribution < 1.29 is 17.9 Å². The minimum atomic E-state index is -2.60. The fourth-order valence-corrected chi connectivity index (χ4v) is 3.02. The van der Waals surface area contributed by atoms with Gasteiger partial charge in [0.1, 0.15) is 18.3 Å². The second-order valence-electron chi connectivity index (χ2n) is 5.70. The van der Waals surface area contributed by atoms with Crippen LogP contribution in [0, 0.1) is 0 Å². The molecule has 3 aromatic heterocycles. The Morgan fingerprint density at radius 3 is 2.89 bits per heavy atom. The van der Waals surface area contributed by atoms with Gasteiger partial charge < -0.3 is 9.15 Å². The van der Waals surface area contributed by atoms with E-state index < -0.39 is 19.0 Å². The van der Waals surface area contributed by atoms with E-state index in [0.717, 1.165) is 4.68 Å². The molecule has 1 unspecified atom stereocenters. The van der Waals surface area contributed by atoms with E-state index in [4.69, 9.17) is 9.15 Å². The zero-order valence-electron chi connectivity index (χ0n) is 14.5. The van der Waals surface area contributed by atoms with Gasteiger partial charge in [-0.15, -0.1) is 5.10 Å². The lowest BCUT2D eigenvalue weighted by molar-refractivity contribution is 0.119. The lowest BCUT2D eigenvalue weighted by Crippen LogP contribution is -2.29. The zero-order valence-corrected chi connectivity index (χ0v) is 16.1. The molecule has 0 saturated heterocycles. The van der Waals surface area contributed by atoms with Gasteiger partial charge in [0.05, 0.1) is 19.4 Å². The molecule has 0 amide bonds. The largest absolute Gasteiger partial charge is 0.481 e. The number of furan rings is 1. The molecule has 3 heterocycles. The number of halogens is 3. The summed E-state index contributed by atoms with van der Waals surface area (Å²) in [5, 5.41) is 14.5. The monoisotopic (exact) mass is 442 g/mol. The normalized spacial score (nSPS) is 13.7. The number of aromatic nitrogens is 5. The maximum absolute atomic E-state index is 12.9. The summed E-state index contributed by atoms with van der Waals surface area (Å²) in [6, 6.07) is 4.43. The SMILES string of the molecule is COc1ncc(Br)cc1C(N[C@@H](C)c1ccco1)c1nnnn1CC(F)F. The molecule has 3 aromatic rings. The van der Waals surface area contributed by atoms with Gasteiger partial charge in [-0.2, -0.15) is 0 Å². The zero-order chi connectivity index (χ0) is 19.4. The van der Waals surface area contributed by atoms with Crippen LogP contribution in [0.2, 0.25) is 0 Å². The van der Waals surface area contributed by atoms with Crippen molar-refractivity contribution in [3.63, 3.8) is 0 Å². The molecule has 11 heteroatoms. The number of rotatable bonds is 8. The van der Waals surface area contributed by atoms with Gasteiger partial charge in [0, 0.05) is 16.2 Å². The van der Waals surface area contributed by atoms with Crippen molar-refractivity contribution in [2.45, 2.75) is 32.0 Å². The summed E-state index contributed by atoms with van der Waals surface area (Å²) in [6.45, 7) is 1.25. The first-order chi connectivity index (χ1) is 13.0. The Morgan fingerprint density at radius 1 is 1.41 bits per heavy atom. The molecular weight excluding hydrogens is 426 g/mol. The second kappa shape index (κ2) is 8.53. The summed E-state index contributed by atoms with van der Waals surface area (Å²) >= 11 is 3.38. The van der Waals surface area contributed by atoms with E-state index in [2.05, 4.69) is 41.8 Å². The van der Waals surface area contributed by atoms with Gasteiger partial charge in [0.15, 0.2) is 5.82 Å². The number of alkyl halides is 2. The highest BCUT2D eigenvalue weighted by Crippen LogP contribution is 2.32. The maximum atomic E-state index is 12.9. The van der Waals surface area contributed by atoms with Gasteiger partial charge in [-0.3, -0.25) is 5.32 Å². The van der Waals surface area contributed by atoms with E-state index in [-0.39, 0.29) is 11.9 Å². The Hall–Kier alpha value is -2.40. The Balaban J connectivity index is 2.04. The van der Waals surface area contributed by atoms with Gasteiger partial charge in [-0.05, 0) is 51.5 Å². The molecule has 144 valence electrons. The first-order valence-corrected chi connectivity index (χ1v) is 8.82. The highest BCUT2D eigenvalue weighted by molar-refractivity contribution is 9.10. The van der Waals surface area contributed by atoms with Crippen LogP contribution in [0.15, 0.2) is 39.5 Å². The van der Waals surface area contributed by atoms with Crippen molar-refractivity contribution in [3.05, 3.63) is 52.3 Å². The number of nitrogens with zero attached hydrogens (tertiary/aromatic N) is 5. The number of hydrogen-bond acceptors (Lipinski definition) is 7. The average molecular weight is 443 g/mol. The standard InChI is InChI=1S/C16H17BrF2N6O2/c1-9(12-4-3-5-27-12)21-14(11-6-10(17)7-20-16(11)26-2)15-22-23-24-25(15)8-13(18)19/h3-7,9,13-14,21H,8H2,1-2H3/t9-,14?/m0/s1. The maximum Gasteiger partial charge on any atom is 0.258 e. The molecule has 0 bridgehead atoms. The van der Waals surface area contributed by atoms with Crippen molar-refractivity contribution in [2.24, 2.45) is 0 Å². The molecule has 3 rings (SSSR count). The fraction of sp³-hybridized carbons (Fsp3) is 0.375. The smallest absolute Gasteiger partial charge is 0.258 e. The summed E-state index contributed by atoms with van der Waals surface area (Å²) in [4.78, 5) is 4.23. The van der Waals surface area contributed by atoms with Crippen molar-refractivity contribution in [2.75, 3.05) is 7.11 Å². The van der Waals surface area contributed by atoms with Crippen LogP contribution in [-0.4, -0.2) is 38.7 Å². The number of nitrogens with one attached hydrogen (secondary N) is 1. The van der Waals surface area contributed by atoms with Crippen LogP contribution >= 0.6 is 15.9 Å². The summed E-state index contributed by atoms with van der Waals surface area (Å²) in [7, 11) is 1.48. The number of tetrazole rings is 1. The highest BCUT2D eigenvalue weighted by Gasteiger charge is 2.28. The van der Waals surface area contributed by atoms with E-state index in [1.165, 1.54) is 7.11 Å². The lowest BCUT2D eigenvalue weighted by atomic mass is 10.1. The van der Waals surface area contributed by atoms with Crippen molar-refractivity contribution in [3.8, 4) is 5.88 Å². The third kappa shape index (κ3) is 4.48. The molecule has 0 saturated carbocycles. The summed E-state index contributed by atoms with van der Waals surface area (Å²) in [6.07, 6.45) is 0.542. The Bertz CT molecular complexity index is 874. The van der Waals surface area contributed by atoms with E-state index in [0.29, 0.717) is 21.7 Å². The second-order valence-corrected chi connectivity index (χ2v) is 6.61. The number of ether oxygens (including phenoxy) is 1. The van der Waals surface area contributed by atoms with Crippen LogP contribution < -0.4 is 10.1 Å². The molecule has 1 N–H and O–H groups in total. The number of hydrogen-bond donors (Lipinski definition) is 1. The molecule has 0 aromatic carbocycles. The van der Waals surface area contributed by atoms with Crippen molar-refractivity contribution in [1.29, 1.82) is 0 Å². The van der Waals surface area contributed by atoms with Crippen LogP contribution in [0.3, 0.4) is 0 Å². The van der Waals surface area contributed by atoms with Crippen LogP contribution in [0.1, 0.15) is 36.2 Å². The number of pyridine rings is 1. The average Bonchev–Trinajstić information content (AvgIpc) is 3.31. The first kappa shape index (κ1) is 19.4. The first-order valence-electron chi connectivity index (χ1n) is 8.02. The molecule has 8 nitrogen and oxygen atoms in total. The molecule has 0 fully saturated rings. The Kier molecular flexibility index (Phi) is 6.11. The van der Waals surface area contributed by atoms with Gasteiger partial charge >= 0.3 is 0 Å². The minimum absolute atomic E-state index is 0.215. The van der Waals surface area contributed by atoms with Gasteiger partial charge in [-0.25, -0.2) is 18.4 Å². The molecular formula is C16H17BrF2N6O2. The quantitative estimate of drug-likeness (QED) is 0.572. The minimum Gasteiger partial charge on any atom is -0.481 e. The predicted molar refractivity (Wildman–Crippen MR) is 94.4 cm³/mol. The summed E-state index contributed by atoms with van der Waals surface area (Å²) in [5.41, 5.74) is 0.593. The molecule has 0 spiro atoms. The third-order valence-corrected chi connectivity index (χ3v) is 4.30. The molecule has 0 aliphatic rings. The van der Waals surface area contributed by atoms with Gasteiger partial charge in [-0.1, -0.05) is 0 Å². The van der Waals surface area contributed by atoms with Crippen LogP contribution in [0.25, 0.3) is 0 Å². The fourth-order valence-electron chi connectivity index (χ4n) is 2.67. The van der Waals surface area contributed by atoms with Crippen LogP contribution in [0.4, 0.5) is 8.78 Å². The third-order valence-electron chi connectivity index (χ3n) is 3.87. The molecule has 0 aliphatic carbocycles. The summed E-state index contributed by atoms with van der Waals surface area (Å²) in [5.74, 6) is 1.22. The van der Waals surface area contributed by atoms with E-state index in [9.17, 15) is 8.78 Å². The molecule has 2 atom stereocenters. The topological polar surface area (TPSA) is 90.9 Å². The number of methoxy groups -OCH3 is 1. The van der Waals surface area contributed by atoms with Crippen LogP contribution in [-0.2, 0) is 6.54 Å². The lowest BCUT2D eigenvalue weighted by Gasteiger charge is -2.23. The van der Waals surface area contributed by atoms with E-state index in [1.807, 2.05) is 13.0 Å². The van der Waals surface area contributed by atoms with E-state index >= 15 is 0 Å². The molecule has 0 aliphatic heterocycles. The predicted octanol–water partition coefficient (Wildman–Crippen LogP) is 3.14. The summed E-state index contributed by atoms with van der Waals surface area (Å²) < 4.78 is 38.4. The Morgan fingerprint density at radius 2 is 2.22 bits per heavy atom. The van der Waals surface area contributed by atoms with Gasteiger partial charge in [0.2, 0.25) is 5.88 Å². The molecule has 0 radical (unpaired) electrons. The highest BCUT2D eigenvalue weighted by atomic mass is 79.9. The van der Waals surface area contributed by atoms with Crippen molar-refractivity contribution >= 4 is 15.9 Å². The molecule has 27 heavy (non-hydrogen) atoms. The van der Waals surface area contributed by atoms with Crippen molar-refractivity contribution in [1.82, 2.24) is 30.5 Å². The van der Waals surface area contributed by atoms with E-state index in [1.54, 1.807) is 24.6 Å². The van der Waals surface area contributed by atoms with Crippen LogP contribution in [0.5, 0.6) is 5.88 Å². The van der Waals surface area contributed by atoms with Gasteiger partial charge in [0.25, 0.3) is 6.43 Å². The Labute approximate surface area is 162 Å².